The van der Waals surface area contributed by atoms with Gasteiger partial charge < -0.3 is 10.6 Å². The highest BCUT2D eigenvalue weighted by atomic mass is 35.5. The van der Waals surface area contributed by atoms with E-state index in [9.17, 15) is 0 Å². The average Bonchev–Trinajstić information content (AvgIpc) is 2.65. The fourth-order valence-electron chi connectivity index (χ4n) is 2.49. The molecule has 0 aliphatic heterocycles. The van der Waals surface area contributed by atoms with Gasteiger partial charge in [0.25, 0.3) is 0 Å². The number of nitrogens with one attached hydrogen (secondary N) is 2. The number of nitrogens with zero attached hydrogens (tertiary/aromatic N) is 2. The smallest absolute Gasteiger partial charge is 0.224 e. The molecule has 3 rings (SSSR count). The summed E-state index contributed by atoms with van der Waals surface area (Å²) >= 11 is 5.90. The summed E-state index contributed by atoms with van der Waals surface area (Å²) in [5.74, 6) is 1.47. The maximum absolute atomic E-state index is 5.90. The van der Waals surface area contributed by atoms with Gasteiger partial charge in [-0.15, -0.1) is 0 Å². The van der Waals surface area contributed by atoms with Crippen molar-refractivity contribution in [1.29, 1.82) is 0 Å². The molecule has 4 nitrogen and oxygen atoms in total. The van der Waals surface area contributed by atoms with Crippen LogP contribution < -0.4 is 10.6 Å². The van der Waals surface area contributed by atoms with E-state index >= 15 is 0 Å². The number of anilines is 2. The summed E-state index contributed by atoms with van der Waals surface area (Å²) in [6, 6.07) is 20.2. The van der Waals surface area contributed by atoms with E-state index in [4.69, 9.17) is 11.6 Å². The van der Waals surface area contributed by atoms with E-state index in [-0.39, 0.29) is 0 Å². The molecular formula is C20H21ClN4. The molecule has 0 saturated heterocycles. The van der Waals surface area contributed by atoms with Crippen molar-refractivity contribution < 1.29 is 0 Å². The summed E-state index contributed by atoms with van der Waals surface area (Å²) in [5.41, 5.74) is 2.54. The predicted molar refractivity (Wildman–Crippen MR) is 104 cm³/mol. The SMILES string of the molecule is Clc1ccc(CCNc2ccnc(NCCc3ccccc3)n2)cc1. The molecule has 2 aromatic carbocycles. The molecule has 0 bridgehead atoms. The lowest BCUT2D eigenvalue weighted by Gasteiger charge is -2.08. The minimum absolute atomic E-state index is 0.646. The number of aromatic nitrogens is 2. The van der Waals surface area contributed by atoms with Crippen molar-refractivity contribution in [2.45, 2.75) is 12.8 Å². The summed E-state index contributed by atoms with van der Waals surface area (Å²) in [6.45, 7) is 1.61. The van der Waals surface area contributed by atoms with Gasteiger partial charge in [-0.05, 0) is 42.2 Å². The molecule has 1 heterocycles. The fourth-order valence-corrected chi connectivity index (χ4v) is 2.62. The highest BCUT2D eigenvalue weighted by Gasteiger charge is 2.00. The monoisotopic (exact) mass is 352 g/mol. The van der Waals surface area contributed by atoms with Crippen LogP contribution in [0.25, 0.3) is 0 Å². The highest BCUT2D eigenvalue weighted by molar-refractivity contribution is 6.30. The zero-order valence-electron chi connectivity index (χ0n) is 14.0. The van der Waals surface area contributed by atoms with Gasteiger partial charge in [0.1, 0.15) is 5.82 Å². The molecule has 0 radical (unpaired) electrons. The lowest BCUT2D eigenvalue weighted by Crippen LogP contribution is -2.10. The van der Waals surface area contributed by atoms with E-state index in [0.717, 1.165) is 36.8 Å². The Labute approximate surface area is 153 Å². The maximum Gasteiger partial charge on any atom is 0.224 e. The fraction of sp³-hybridized carbons (Fsp3) is 0.200. The van der Waals surface area contributed by atoms with Crippen molar-refractivity contribution in [1.82, 2.24) is 9.97 Å². The first-order valence-electron chi connectivity index (χ1n) is 8.39. The summed E-state index contributed by atoms with van der Waals surface area (Å²) in [5, 5.41) is 7.37. The first-order chi connectivity index (χ1) is 12.3. The topological polar surface area (TPSA) is 49.8 Å². The van der Waals surface area contributed by atoms with Crippen LogP contribution in [0.5, 0.6) is 0 Å². The van der Waals surface area contributed by atoms with Gasteiger partial charge in [0.15, 0.2) is 0 Å². The highest BCUT2D eigenvalue weighted by Crippen LogP contribution is 2.11. The quantitative estimate of drug-likeness (QED) is 0.629. The molecule has 0 fully saturated rings. The van der Waals surface area contributed by atoms with Gasteiger partial charge in [0.2, 0.25) is 5.95 Å². The van der Waals surface area contributed by atoms with E-state index in [1.54, 1.807) is 6.20 Å². The number of hydrogen-bond acceptors (Lipinski definition) is 4. The van der Waals surface area contributed by atoms with Crippen LogP contribution in [-0.4, -0.2) is 23.1 Å². The van der Waals surface area contributed by atoms with Crippen molar-refractivity contribution in [3.8, 4) is 0 Å². The van der Waals surface area contributed by atoms with Gasteiger partial charge in [0, 0.05) is 24.3 Å². The molecule has 0 spiro atoms. The second-order valence-corrected chi connectivity index (χ2v) is 6.17. The minimum Gasteiger partial charge on any atom is -0.370 e. The van der Waals surface area contributed by atoms with Crippen molar-refractivity contribution in [3.63, 3.8) is 0 Å². The van der Waals surface area contributed by atoms with Crippen LogP contribution in [0, 0.1) is 0 Å². The van der Waals surface area contributed by atoms with Crippen molar-refractivity contribution >= 4 is 23.4 Å². The van der Waals surface area contributed by atoms with Gasteiger partial charge in [-0.25, -0.2) is 4.98 Å². The molecule has 0 unspecified atom stereocenters. The Bertz CT molecular complexity index is 775. The lowest BCUT2D eigenvalue weighted by molar-refractivity contribution is 0.970. The molecule has 25 heavy (non-hydrogen) atoms. The van der Waals surface area contributed by atoms with E-state index in [0.29, 0.717) is 5.95 Å². The third kappa shape index (κ3) is 5.76. The standard InChI is InChI=1S/C20H21ClN4/c21-18-8-6-17(7-9-18)10-13-22-19-12-15-24-20(25-19)23-14-11-16-4-2-1-3-5-16/h1-9,12,15H,10-11,13-14H2,(H2,22,23,24,25). The summed E-state index contributed by atoms with van der Waals surface area (Å²) in [4.78, 5) is 8.76. The molecule has 0 amide bonds. The summed E-state index contributed by atoms with van der Waals surface area (Å²) in [7, 11) is 0. The molecule has 0 atom stereocenters. The van der Waals surface area contributed by atoms with Gasteiger partial charge in [-0.2, -0.15) is 4.98 Å². The number of hydrogen-bond donors (Lipinski definition) is 2. The van der Waals surface area contributed by atoms with Crippen LogP contribution in [0.3, 0.4) is 0 Å². The Morgan fingerprint density at radius 1 is 0.760 bits per heavy atom. The third-order valence-electron chi connectivity index (χ3n) is 3.83. The lowest BCUT2D eigenvalue weighted by atomic mass is 10.1. The zero-order valence-corrected chi connectivity index (χ0v) is 14.7. The van der Waals surface area contributed by atoms with E-state index in [1.165, 1.54) is 11.1 Å². The van der Waals surface area contributed by atoms with Gasteiger partial charge in [-0.1, -0.05) is 54.1 Å². The molecular weight excluding hydrogens is 332 g/mol. The van der Waals surface area contributed by atoms with Gasteiger partial charge in [-0.3, -0.25) is 0 Å². The largest absolute Gasteiger partial charge is 0.370 e. The molecule has 0 aliphatic carbocycles. The Kier molecular flexibility index (Phi) is 6.23. The van der Waals surface area contributed by atoms with Crippen molar-refractivity contribution in [3.05, 3.63) is 83.0 Å². The summed E-state index contributed by atoms with van der Waals surface area (Å²) < 4.78 is 0. The van der Waals surface area contributed by atoms with E-state index in [2.05, 4.69) is 44.9 Å². The van der Waals surface area contributed by atoms with Crippen LogP contribution in [-0.2, 0) is 12.8 Å². The van der Waals surface area contributed by atoms with E-state index in [1.807, 2.05) is 36.4 Å². The second-order valence-electron chi connectivity index (χ2n) is 5.73. The molecule has 0 aliphatic rings. The Hall–Kier alpha value is -2.59. The Morgan fingerprint density at radius 2 is 1.44 bits per heavy atom. The first kappa shape index (κ1) is 17.2. The van der Waals surface area contributed by atoms with Crippen LogP contribution in [0.1, 0.15) is 11.1 Å². The molecule has 128 valence electrons. The number of rotatable bonds is 8. The third-order valence-corrected chi connectivity index (χ3v) is 4.08. The minimum atomic E-state index is 0.646. The molecule has 1 aromatic heterocycles. The van der Waals surface area contributed by atoms with Crippen LogP contribution in [0.2, 0.25) is 5.02 Å². The molecule has 0 saturated carbocycles. The number of halogens is 1. The van der Waals surface area contributed by atoms with E-state index < -0.39 is 0 Å². The summed E-state index contributed by atoms with van der Waals surface area (Å²) in [6.07, 6.45) is 3.62. The normalized spacial score (nSPS) is 10.4. The maximum atomic E-state index is 5.90. The first-order valence-corrected chi connectivity index (χ1v) is 8.76. The average molecular weight is 353 g/mol. The van der Waals surface area contributed by atoms with Gasteiger partial charge >= 0.3 is 0 Å². The predicted octanol–water partition coefficient (Wildman–Crippen LogP) is 4.44. The number of benzene rings is 2. The van der Waals surface area contributed by atoms with Crippen LogP contribution in [0.4, 0.5) is 11.8 Å². The second kappa shape index (κ2) is 9.04. The molecule has 2 N–H and O–H groups in total. The zero-order chi connectivity index (χ0) is 17.3. The van der Waals surface area contributed by atoms with Crippen LogP contribution in [0.15, 0.2) is 66.9 Å². The molecule has 5 heteroatoms. The Balaban J connectivity index is 1.45. The van der Waals surface area contributed by atoms with Crippen molar-refractivity contribution in [2.24, 2.45) is 0 Å². The van der Waals surface area contributed by atoms with Crippen molar-refractivity contribution in [2.75, 3.05) is 23.7 Å². The van der Waals surface area contributed by atoms with Gasteiger partial charge in [0.05, 0.1) is 0 Å². The van der Waals surface area contributed by atoms with Crippen LogP contribution >= 0.6 is 11.6 Å². The Morgan fingerprint density at radius 3 is 2.20 bits per heavy atom. The molecule has 3 aromatic rings.